The first-order chi connectivity index (χ1) is 6.70. The second-order valence-corrected chi connectivity index (χ2v) is 4.09. The molecule has 2 rings (SSSR count). The van der Waals surface area contributed by atoms with Gasteiger partial charge in [-0.15, -0.1) is 0 Å². The zero-order valence-corrected chi connectivity index (χ0v) is 8.79. The molecule has 2 unspecified atom stereocenters. The van der Waals surface area contributed by atoms with Crippen molar-refractivity contribution in [3.05, 3.63) is 29.3 Å². The van der Waals surface area contributed by atoms with E-state index in [0.717, 1.165) is 18.8 Å². The Kier molecular flexibility index (Phi) is 2.46. The monoisotopic (exact) mass is 191 g/mol. The van der Waals surface area contributed by atoms with Gasteiger partial charge in [-0.05, 0) is 31.9 Å². The Morgan fingerprint density at radius 1 is 1.50 bits per heavy atom. The molecule has 2 atom stereocenters. The van der Waals surface area contributed by atoms with Gasteiger partial charge < -0.3 is 10.5 Å². The minimum Gasteiger partial charge on any atom is -0.493 e. The molecular formula is C12H17NO. The van der Waals surface area contributed by atoms with Crippen LogP contribution in [0.5, 0.6) is 5.75 Å². The SMILES string of the molecule is Cc1cccc2c1C(C(C)N)CCO2. The largest absolute Gasteiger partial charge is 0.493 e. The van der Waals surface area contributed by atoms with Gasteiger partial charge in [-0.2, -0.15) is 0 Å². The Labute approximate surface area is 85.1 Å². The van der Waals surface area contributed by atoms with Crippen LogP contribution in [0.15, 0.2) is 18.2 Å². The standard InChI is InChI=1S/C12H17NO/c1-8-4-3-5-11-12(8)10(9(2)13)6-7-14-11/h3-5,9-10H,6-7,13H2,1-2H3. The highest BCUT2D eigenvalue weighted by atomic mass is 16.5. The average Bonchev–Trinajstić information content (AvgIpc) is 2.17. The molecule has 0 aromatic heterocycles. The van der Waals surface area contributed by atoms with Crippen LogP contribution in [0.3, 0.4) is 0 Å². The van der Waals surface area contributed by atoms with Crippen molar-refractivity contribution < 1.29 is 4.74 Å². The lowest BCUT2D eigenvalue weighted by molar-refractivity contribution is 0.257. The Morgan fingerprint density at radius 2 is 2.29 bits per heavy atom. The number of nitrogens with two attached hydrogens (primary N) is 1. The first-order valence-corrected chi connectivity index (χ1v) is 5.18. The highest BCUT2D eigenvalue weighted by Gasteiger charge is 2.25. The summed E-state index contributed by atoms with van der Waals surface area (Å²) in [6, 6.07) is 6.41. The summed E-state index contributed by atoms with van der Waals surface area (Å²) in [5.41, 5.74) is 8.60. The number of rotatable bonds is 1. The van der Waals surface area contributed by atoms with Crippen molar-refractivity contribution in [2.24, 2.45) is 5.73 Å². The molecule has 0 spiro atoms. The molecule has 1 aliphatic heterocycles. The molecule has 1 aromatic rings. The number of fused-ring (bicyclic) bond motifs is 1. The van der Waals surface area contributed by atoms with Crippen molar-refractivity contribution in [2.75, 3.05) is 6.61 Å². The normalized spacial score (nSPS) is 22.4. The smallest absolute Gasteiger partial charge is 0.123 e. The lowest BCUT2D eigenvalue weighted by Gasteiger charge is -2.29. The van der Waals surface area contributed by atoms with Crippen molar-refractivity contribution >= 4 is 0 Å². The van der Waals surface area contributed by atoms with Crippen LogP contribution in [-0.2, 0) is 0 Å². The van der Waals surface area contributed by atoms with E-state index in [-0.39, 0.29) is 6.04 Å². The van der Waals surface area contributed by atoms with E-state index in [0.29, 0.717) is 5.92 Å². The molecule has 76 valence electrons. The minimum absolute atomic E-state index is 0.207. The first-order valence-electron chi connectivity index (χ1n) is 5.18. The molecule has 0 amide bonds. The van der Waals surface area contributed by atoms with Crippen molar-refractivity contribution in [1.82, 2.24) is 0 Å². The third-order valence-corrected chi connectivity index (χ3v) is 2.98. The van der Waals surface area contributed by atoms with Gasteiger partial charge in [0.05, 0.1) is 6.61 Å². The van der Waals surface area contributed by atoms with Crippen molar-refractivity contribution in [3.8, 4) is 5.75 Å². The molecular weight excluding hydrogens is 174 g/mol. The van der Waals surface area contributed by atoms with Gasteiger partial charge in [0.2, 0.25) is 0 Å². The van der Waals surface area contributed by atoms with E-state index in [4.69, 9.17) is 10.5 Å². The summed E-state index contributed by atoms with van der Waals surface area (Å²) in [4.78, 5) is 0. The maximum absolute atomic E-state index is 6.00. The fourth-order valence-electron chi connectivity index (χ4n) is 2.22. The summed E-state index contributed by atoms with van der Waals surface area (Å²) in [5.74, 6) is 1.48. The van der Waals surface area contributed by atoms with Gasteiger partial charge in [-0.1, -0.05) is 12.1 Å². The van der Waals surface area contributed by atoms with Crippen LogP contribution in [0, 0.1) is 6.92 Å². The number of hydrogen-bond donors (Lipinski definition) is 1. The molecule has 0 radical (unpaired) electrons. The van der Waals surface area contributed by atoms with Crippen LogP contribution < -0.4 is 10.5 Å². The van der Waals surface area contributed by atoms with Gasteiger partial charge in [-0.25, -0.2) is 0 Å². The van der Waals surface area contributed by atoms with Gasteiger partial charge in [0.1, 0.15) is 5.75 Å². The lowest BCUT2D eigenvalue weighted by atomic mass is 9.85. The van der Waals surface area contributed by atoms with Gasteiger partial charge in [0.15, 0.2) is 0 Å². The zero-order valence-electron chi connectivity index (χ0n) is 8.79. The first kappa shape index (κ1) is 9.53. The molecule has 2 heteroatoms. The Morgan fingerprint density at radius 3 is 3.00 bits per heavy atom. The predicted molar refractivity (Wildman–Crippen MR) is 57.7 cm³/mol. The molecule has 14 heavy (non-hydrogen) atoms. The van der Waals surface area contributed by atoms with Crippen molar-refractivity contribution in [2.45, 2.75) is 32.2 Å². The molecule has 0 fully saturated rings. The Balaban J connectivity index is 2.47. The Hall–Kier alpha value is -1.02. The van der Waals surface area contributed by atoms with E-state index < -0.39 is 0 Å². The van der Waals surface area contributed by atoms with E-state index in [2.05, 4.69) is 19.9 Å². The summed E-state index contributed by atoms with van der Waals surface area (Å²) >= 11 is 0. The van der Waals surface area contributed by atoms with Gasteiger partial charge >= 0.3 is 0 Å². The molecule has 0 bridgehead atoms. The van der Waals surface area contributed by atoms with Crippen LogP contribution in [-0.4, -0.2) is 12.6 Å². The maximum atomic E-state index is 6.00. The van der Waals surface area contributed by atoms with Gasteiger partial charge in [0.25, 0.3) is 0 Å². The summed E-state index contributed by atoms with van der Waals surface area (Å²) in [6.07, 6.45) is 1.04. The average molecular weight is 191 g/mol. The quantitative estimate of drug-likeness (QED) is 0.738. The highest BCUT2D eigenvalue weighted by molar-refractivity contribution is 5.44. The molecule has 2 N–H and O–H groups in total. The van der Waals surface area contributed by atoms with E-state index >= 15 is 0 Å². The topological polar surface area (TPSA) is 35.2 Å². The minimum atomic E-state index is 0.207. The number of ether oxygens (including phenoxy) is 1. The molecule has 0 aliphatic carbocycles. The zero-order chi connectivity index (χ0) is 10.1. The van der Waals surface area contributed by atoms with Crippen LogP contribution in [0.2, 0.25) is 0 Å². The third-order valence-electron chi connectivity index (χ3n) is 2.98. The second-order valence-electron chi connectivity index (χ2n) is 4.09. The molecule has 1 aliphatic rings. The van der Waals surface area contributed by atoms with E-state index in [1.54, 1.807) is 0 Å². The van der Waals surface area contributed by atoms with E-state index in [9.17, 15) is 0 Å². The number of aryl methyl sites for hydroxylation is 1. The lowest BCUT2D eigenvalue weighted by Crippen LogP contribution is -2.29. The van der Waals surface area contributed by atoms with Crippen molar-refractivity contribution in [3.63, 3.8) is 0 Å². The highest BCUT2D eigenvalue weighted by Crippen LogP contribution is 2.37. The molecule has 0 saturated heterocycles. The van der Waals surface area contributed by atoms with Crippen LogP contribution >= 0.6 is 0 Å². The van der Waals surface area contributed by atoms with Crippen LogP contribution in [0.25, 0.3) is 0 Å². The molecule has 1 heterocycles. The third kappa shape index (κ3) is 1.50. The molecule has 2 nitrogen and oxygen atoms in total. The number of benzene rings is 1. The Bertz CT molecular complexity index is 333. The van der Waals surface area contributed by atoms with Gasteiger partial charge in [0, 0.05) is 17.5 Å². The summed E-state index contributed by atoms with van der Waals surface area (Å²) in [7, 11) is 0. The molecule has 0 saturated carbocycles. The summed E-state index contributed by atoms with van der Waals surface area (Å²) < 4.78 is 5.63. The van der Waals surface area contributed by atoms with Crippen LogP contribution in [0.1, 0.15) is 30.4 Å². The maximum Gasteiger partial charge on any atom is 0.123 e. The summed E-state index contributed by atoms with van der Waals surface area (Å²) in [5, 5.41) is 0. The summed E-state index contributed by atoms with van der Waals surface area (Å²) in [6.45, 7) is 5.00. The van der Waals surface area contributed by atoms with Gasteiger partial charge in [-0.3, -0.25) is 0 Å². The van der Waals surface area contributed by atoms with E-state index in [1.807, 2.05) is 12.1 Å². The predicted octanol–water partition coefficient (Wildman–Crippen LogP) is 2.21. The van der Waals surface area contributed by atoms with E-state index in [1.165, 1.54) is 11.1 Å². The number of hydrogen-bond acceptors (Lipinski definition) is 2. The second kappa shape index (κ2) is 3.62. The fraction of sp³-hybridized carbons (Fsp3) is 0.500. The fourth-order valence-corrected chi connectivity index (χ4v) is 2.22. The van der Waals surface area contributed by atoms with Crippen LogP contribution in [0.4, 0.5) is 0 Å². The van der Waals surface area contributed by atoms with Crippen molar-refractivity contribution in [1.29, 1.82) is 0 Å². The molecule has 1 aromatic carbocycles.